The Hall–Kier alpha value is -1.63. The topological polar surface area (TPSA) is 73.6 Å². The fourth-order valence-corrected chi connectivity index (χ4v) is 2.98. The Morgan fingerprint density at radius 1 is 1.24 bits per heavy atom. The van der Waals surface area contributed by atoms with Crippen molar-refractivity contribution in [3.8, 4) is 5.88 Å². The molecule has 1 aromatic rings. The highest BCUT2D eigenvalue weighted by atomic mass is 32.1. The minimum Gasteiger partial charge on any atom is -0.494 e. The fourth-order valence-electron chi connectivity index (χ4n) is 2.65. The van der Waals surface area contributed by atoms with Crippen LogP contribution in [0.15, 0.2) is 9.90 Å². The van der Waals surface area contributed by atoms with Gasteiger partial charge in [-0.15, -0.1) is 0 Å². The minimum atomic E-state index is -0.382. The lowest BCUT2D eigenvalue weighted by molar-refractivity contribution is 0.302. The molecule has 21 heavy (non-hydrogen) atoms. The smallest absolute Gasteiger partial charge is 0.264 e. The summed E-state index contributed by atoms with van der Waals surface area (Å²) in [5.41, 5.74) is -0.187. The first-order valence-corrected chi connectivity index (χ1v) is 7.94. The standard InChI is InChI=1S/C14H20N4O2S/c19-12-11(9-15-17-7-3-1-2-4-8-17)13(20)18(10-5-6-10)14(21)16-12/h9-10,20H,1-8H2,(H,16,19,21). The molecule has 0 aromatic carbocycles. The predicted octanol–water partition coefficient (Wildman–Crippen LogP) is 2.16. The third kappa shape index (κ3) is 3.18. The van der Waals surface area contributed by atoms with E-state index in [-0.39, 0.29) is 27.8 Å². The van der Waals surface area contributed by atoms with Crippen molar-refractivity contribution in [3.05, 3.63) is 20.7 Å². The van der Waals surface area contributed by atoms with Crippen molar-refractivity contribution >= 4 is 18.4 Å². The van der Waals surface area contributed by atoms with E-state index in [4.69, 9.17) is 12.2 Å². The van der Waals surface area contributed by atoms with Gasteiger partial charge in [-0.3, -0.25) is 19.4 Å². The zero-order chi connectivity index (χ0) is 14.8. The largest absolute Gasteiger partial charge is 0.494 e. The third-order valence-electron chi connectivity index (χ3n) is 4.00. The quantitative estimate of drug-likeness (QED) is 0.663. The summed E-state index contributed by atoms with van der Waals surface area (Å²) in [6.07, 6.45) is 8.12. The molecule has 6 nitrogen and oxygen atoms in total. The van der Waals surface area contributed by atoms with Crippen molar-refractivity contribution < 1.29 is 5.11 Å². The normalized spacial score (nSPS) is 19.9. The van der Waals surface area contributed by atoms with E-state index >= 15 is 0 Å². The maximum atomic E-state index is 12.0. The summed E-state index contributed by atoms with van der Waals surface area (Å²) in [5, 5.41) is 16.6. The Bertz CT molecular complexity index is 652. The Labute approximate surface area is 128 Å². The molecule has 2 N–H and O–H groups in total. The summed E-state index contributed by atoms with van der Waals surface area (Å²) in [5.74, 6) is -0.0650. The van der Waals surface area contributed by atoms with Crippen molar-refractivity contribution in [1.29, 1.82) is 0 Å². The molecular formula is C14H20N4O2S. The van der Waals surface area contributed by atoms with Crippen LogP contribution in [0.1, 0.15) is 50.1 Å². The molecular weight excluding hydrogens is 288 g/mol. The van der Waals surface area contributed by atoms with Gasteiger partial charge in [0.15, 0.2) is 4.77 Å². The summed E-state index contributed by atoms with van der Waals surface area (Å²) in [6.45, 7) is 1.80. The molecule has 2 aliphatic rings. The number of nitrogens with one attached hydrogen (secondary N) is 1. The van der Waals surface area contributed by atoms with Crippen molar-refractivity contribution in [2.45, 2.75) is 44.6 Å². The van der Waals surface area contributed by atoms with Crippen LogP contribution in [0.4, 0.5) is 0 Å². The molecule has 0 amide bonds. The van der Waals surface area contributed by atoms with E-state index in [1.54, 1.807) is 4.57 Å². The molecule has 1 aliphatic carbocycles. The van der Waals surface area contributed by atoms with Crippen LogP contribution in [0.3, 0.4) is 0 Å². The zero-order valence-corrected chi connectivity index (χ0v) is 12.7. The van der Waals surface area contributed by atoms with Gasteiger partial charge in [0, 0.05) is 19.1 Å². The number of rotatable bonds is 3. The molecule has 1 saturated heterocycles. The lowest BCUT2D eigenvalue weighted by Crippen LogP contribution is -2.21. The summed E-state index contributed by atoms with van der Waals surface area (Å²) < 4.78 is 1.91. The molecule has 1 aromatic heterocycles. The Morgan fingerprint density at radius 3 is 2.52 bits per heavy atom. The van der Waals surface area contributed by atoms with E-state index in [9.17, 15) is 9.90 Å². The van der Waals surface area contributed by atoms with Gasteiger partial charge >= 0.3 is 0 Å². The number of hydrazone groups is 1. The Morgan fingerprint density at radius 2 is 1.90 bits per heavy atom. The molecule has 2 heterocycles. The number of aromatic amines is 1. The average molecular weight is 308 g/mol. The van der Waals surface area contributed by atoms with Crippen LogP contribution in [-0.4, -0.2) is 39.0 Å². The second kappa shape index (κ2) is 6.01. The predicted molar refractivity (Wildman–Crippen MR) is 83.5 cm³/mol. The van der Waals surface area contributed by atoms with Gasteiger partial charge in [0.2, 0.25) is 5.88 Å². The molecule has 0 unspecified atom stereocenters. The van der Waals surface area contributed by atoms with Crippen LogP contribution in [0.2, 0.25) is 0 Å². The maximum absolute atomic E-state index is 12.0. The van der Waals surface area contributed by atoms with Gasteiger partial charge in [0.1, 0.15) is 5.56 Å². The molecule has 0 bridgehead atoms. The first-order chi connectivity index (χ1) is 10.2. The molecule has 1 aliphatic heterocycles. The van der Waals surface area contributed by atoms with E-state index < -0.39 is 0 Å². The lowest BCUT2D eigenvalue weighted by Gasteiger charge is -2.15. The van der Waals surface area contributed by atoms with E-state index in [1.807, 2.05) is 5.01 Å². The highest BCUT2D eigenvalue weighted by Crippen LogP contribution is 2.37. The van der Waals surface area contributed by atoms with E-state index in [0.717, 1.165) is 38.8 Å². The second-order valence-electron chi connectivity index (χ2n) is 5.71. The molecule has 114 valence electrons. The van der Waals surface area contributed by atoms with Gasteiger partial charge in [-0.1, -0.05) is 12.8 Å². The summed E-state index contributed by atoms with van der Waals surface area (Å²) in [4.78, 5) is 14.6. The van der Waals surface area contributed by atoms with Crippen LogP contribution in [-0.2, 0) is 0 Å². The SMILES string of the molecule is O=c1[nH]c(=S)n(C2CC2)c(O)c1C=NN1CCCCCC1. The number of nitrogens with zero attached hydrogens (tertiary/aromatic N) is 3. The van der Waals surface area contributed by atoms with E-state index in [2.05, 4.69) is 10.1 Å². The van der Waals surface area contributed by atoms with Crippen molar-refractivity contribution in [2.75, 3.05) is 13.1 Å². The number of hydrogen-bond donors (Lipinski definition) is 2. The van der Waals surface area contributed by atoms with Gasteiger partial charge in [-0.2, -0.15) is 5.10 Å². The third-order valence-corrected chi connectivity index (χ3v) is 4.30. The summed E-state index contributed by atoms with van der Waals surface area (Å²) >= 11 is 5.12. The highest BCUT2D eigenvalue weighted by Gasteiger charge is 2.27. The summed E-state index contributed by atoms with van der Waals surface area (Å²) in [7, 11) is 0. The molecule has 0 atom stereocenters. The molecule has 7 heteroatoms. The molecule has 3 rings (SSSR count). The van der Waals surface area contributed by atoms with Crippen LogP contribution < -0.4 is 5.56 Å². The number of H-pyrrole nitrogens is 1. The van der Waals surface area contributed by atoms with Gasteiger partial charge in [-0.25, -0.2) is 0 Å². The van der Waals surface area contributed by atoms with Crippen molar-refractivity contribution in [1.82, 2.24) is 14.6 Å². The Balaban J connectivity index is 1.89. The van der Waals surface area contributed by atoms with Crippen molar-refractivity contribution in [3.63, 3.8) is 0 Å². The Kier molecular flexibility index (Phi) is 4.10. The van der Waals surface area contributed by atoms with Gasteiger partial charge in [-0.05, 0) is 37.9 Å². The average Bonchev–Trinajstić information content (AvgIpc) is 3.25. The van der Waals surface area contributed by atoms with Crippen molar-refractivity contribution in [2.24, 2.45) is 5.10 Å². The van der Waals surface area contributed by atoms with Crippen LogP contribution in [0.25, 0.3) is 0 Å². The van der Waals surface area contributed by atoms with Gasteiger partial charge in [0.25, 0.3) is 5.56 Å². The van der Waals surface area contributed by atoms with Crippen LogP contribution >= 0.6 is 12.2 Å². The molecule has 0 radical (unpaired) electrons. The number of hydrogen-bond acceptors (Lipinski definition) is 5. The second-order valence-corrected chi connectivity index (χ2v) is 6.10. The first-order valence-electron chi connectivity index (χ1n) is 7.53. The van der Waals surface area contributed by atoms with E-state index in [1.165, 1.54) is 19.1 Å². The number of aromatic hydroxyl groups is 1. The molecule has 1 saturated carbocycles. The molecule has 0 spiro atoms. The van der Waals surface area contributed by atoms with Crippen LogP contribution in [0.5, 0.6) is 5.88 Å². The monoisotopic (exact) mass is 308 g/mol. The van der Waals surface area contributed by atoms with Gasteiger partial charge < -0.3 is 5.11 Å². The van der Waals surface area contributed by atoms with Gasteiger partial charge in [0.05, 0.1) is 6.21 Å². The fraction of sp³-hybridized carbons (Fsp3) is 0.643. The van der Waals surface area contributed by atoms with E-state index in [0.29, 0.717) is 0 Å². The molecule has 2 fully saturated rings. The number of aromatic nitrogens is 2. The maximum Gasteiger partial charge on any atom is 0.264 e. The minimum absolute atomic E-state index is 0.0650. The van der Waals surface area contributed by atoms with Crippen LogP contribution in [0, 0.1) is 4.77 Å². The zero-order valence-electron chi connectivity index (χ0n) is 11.9. The highest BCUT2D eigenvalue weighted by molar-refractivity contribution is 7.71. The summed E-state index contributed by atoms with van der Waals surface area (Å²) in [6, 6.07) is 0.208. The lowest BCUT2D eigenvalue weighted by atomic mass is 10.2. The first kappa shape index (κ1) is 14.3.